The Morgan fingerprint density at radius 1 is 0.968 bits per heavy atom. The molecular weight excluding hydrogens is 410 g/mol. The van der Waals surface area contributed by atoms with E-state index in [-0.39, 0.29) is 5.78 Å². The van der Waals surface area contributed by atoms with E-state index < -0.39 is 0 Å². The maximum atomic E-state index is 12.4. The molecule has 0 unspecified atom stereocenters. The summed E-state index contributed by atoms with van der Waals surface area (Å²) in [6, 6.07) is 20.9. The van der Waals surface area contributed by atoms with E-state index in [1.165, 1.54) is 6.33 Å². The van der Waals surface area contributed by atoms with Crippen LogP contribution in [0.25, 0.3) is 10.9 Å². The summed E-state index contributed by atoms with van der Waals surface area (Å²) >= 11 is 6.15. The molecule has 0 saturated carbocycles. The lowest BCUT2D eigenvalue weighted by atomic mass is 10.0. The number of fused-ring (bicyclic) bond motifs is 1. The van der Waals surface area contributed by atoms with Crippen LogP contribution in [0.1, 0.15) is 11.1 Å². The molecule has 0 fully saturated rings. The van der Waals surface area contributed by atoms with Crippen molar-refractivity contribution in [1.29, 1.82) is 0 Å². The molecule has 0 bridgehead atoms. The number of rotatable bonds is 7. The van der Waals surface area contributed by atoms with Gasteiger partial charge in [0.2, 0.25) is 5.88 Å². The average molecular weight is 432 g/mol. The molecular formula is C25H22ClN3O2. The molecule has 3 aromatic carbocycles. The first-order valence-corrected chi connectivity index (χ1v) is 10.3. The summed E-state index contributed by atoms with van der Waals surface area (Å²) in [5.74, 6) is 1.26. The molecule has 0 saturated heterocycles. The minimum Gasteiger partial charge on any atom is -0.438 e. The second-order valence-corrected chi connectivity index (χ2v) is 7.91. The van der Waals surface area contributed by atoms with Crippen molar-refractivity contribution in [3.05, 3.63) is 89.2 Å². The highest BCUT2D eigenvalue weighted by atomic mass is 35.5. The summed E-state index contributed by atoms with van der Waals surface area (Å²) in [6.07, 6.45) is 2.16. The van der Waals surface area contributed by atoms with Crippen LogP contribution in [0.4, 0.5) is 5.69 Å². The molecule has 4 rings (SSSR count). The third kappa shape index (κ3) is 5.01. The Balaban J connectivity index is 1.45. The Kier molecular flexibility index (Phi) is 6.14. The van der Waals surface area contributed by atoms with Gasteiger partial charge >= 0.3 is 0 Å². The van der Waals surface area contributed by atoms with Crippen LogP contribution in [-0.4, -0.2) is 29.8 Å². The van der Waals surface area contributed by atoms with Gasteiger partial charge in [-0.25, -0.2) is 9.97 Å². The van der Waals surface area contributed by atoms with Crippen molar-refractivity contribution < 1.29 is 9.53 Å². The molecule has 0 amide bonds. The maximum Gasteiger partial charge on any atom is 0.230 e. The van der Waals surface area contributed by atoms with Crippen LogP contribution in [0.5, 0.6) is 11.6 Å². The number of nitrogens with zero attached hydrogens (tertiary/aromatic N) is 3. The number of aromatic nitrogens is 2. The predicted molar refractivity (Wildman–Crippen MR) is 124 cm³/mol. The third-order valence-corrected chi connectivity index (χ3v) is 5.35. The van der Waals surface area contributed by atoms with Gasteiger partial charge in [0, 0.05) is 37.6 Å². The topological polar surface area (TPSA) is 55.3 Å². The zero-order valence-corrected chi connectivity index (χ0v) is 18.1. The number of carbonyl (C=O) groups is 1. The number of Topliss-reactive ketones (excluding diaryl/α,β-unsaturated/α-hetero) is 1. The van der Waals surface area contributed by atoms with E-state index in [9.17, 15) is 4.79 Å². The second kappa shape index (κ2) is 9.14. The smallest absolute Gasteiger partial charge is 0.230 e. The van der Waals surface area contributed by atoms with Crippen molar-refractivity contribution in [2.45, 2.75) is 12.8 Å². The van der Waals surface area contributed by atoms with Crippen molar-refractivity contribution in [3.63, 3.8) is 0 Å². The molecule has 0 spiro atoms. The first-order valence-electron chi connectivity index (χ1n) is 9.93. The lowest BCUT2D eigenvalue weighted by Crippen LogP contribution is -2.08. The van der Waals surface area contributed by atoms with Gasteiger partial charge in [0.1, 0.15) is 17.9 Å². The predicted octanol–water partition coefficient (Wildman–Crippen LogP) is 5.50. The van der Waals surface area contributed by atoms with Crippen LogP contribution in [-0.2, 0) is 17.6 Å². The zero-order chi connectivity index (χ0) is 21.8. The number of carbonyl (C=O) groups excluding carboxylic acids is 1. The number of hydrogen-bond acceptors (Lipinski definition) is 5. The molecule has 0 aliphatic carbocycles. The van der Waals surface area contributed by atoms with Crippen LogP contribution in [0, 0.1) is 0 Å². The number of ketones is 1. The highest BCUT2D eigenvalue weighted by Crippen LogP contribution is 2.29. The van der Waals surface area contributed by atoms with Crippen molar-refractivity contribution in [2.24, 2.45) is 0 Å². The van der Waals surface area contributed by atoms with E-state index in [1.54, 1.807) is 6.07 Å². The molecule has 0 N–H and O–H groups in total. The molecule has 5 nitrogen and oxygen atoms in total. The summed E-state index contributed by atoms with van der Waals surface area (Å²) in [5, 5.41) is 1.46. The van der Waals surface area contributed by atoms with Crippen molar-refractivity contribution in [3.8, 4) is 11.6 Å². The Bertz CT molecular complexity index is 1220. The third-order valence-electron chi connectivity index (χ3n) is 4.98. The Morgan fingerprint density at radius 2 is 1.74 bits per heavy atom. The standard InChI is InChI=1S/C25H22ClN3O2/c1-29(2)19-9-12-22-24(15-19)27-16-28-25(22)31-21-10-7-17(8-11-21)13-20(30)14-18-5-3-4-6-23(18)26/h3-12,15-16H,13-14H2,1-2H3. The van der Waals surface area contributed by atoms with Gasteiger partial charge in [0.15, 0.2) is 0 Å². The van der Waals surface area contributed by atoms with E-state index >= 15 is 0 Å². The van der Waals surface area contributed by atoms with E-state index in [0.717, 1.165) is 27.7 Å². The molecule has 6 heteroatoms. The zero-order valence-electron chi connectivity index (χ0n) is 17.4. The van der Waals surface area contributed by atoms with Crippen LogP contribution in [0.3, 0.4) is 0 Å². The van der Waals surface area contributed by atoms with E-state index in [4.69, 9.17) is 16.3 Å². The quantitative estimate of drug-likeness (QED) is 0.387. The van der Waals surface area contributed by atoms with Crippen LogP contribution in [0.2, 0.25) is 5.02 Å². The minimum atomic E-state index is 0.111. The molecule has 0 aliphatic heterocycles. The Hall–Kier alpha value is -3.44. The van der Waals surface area contributed by atoms with Gasteiger partial charge in [-0.05, 0) is 47.5 Å². The minimum absolute atomic E-state index is 0.111. The van der Waals surface area contributed by atoms with Crippen LogP contribution >= 0.6 is 11.6 Å². The van der Waals surface area contributed by atoms with Gasteiger partial charge in [-0.15, -0.1) is 0 Å². The SMILES string of the molecule is CN(C)c1ccc2c(Oc3ccc(CC(=O)Cc4ccccc4Cl)cc3)ncnc2c1. The van der Waals surface area contributed by atoms with Gasteiger partial charge in [-0.3, -0.25) is 4.79 Å². The summed E-state index contributed by atoms with van der Waals surface area (Å²) in [7, 11) is 3.97. The van der Waals surface area contributed by atoms with Crippen molar-refractivity contribution >= 4 is 34.0 Å². The highest BCUT2D eigenvalue weighted by Gasteiger charge is 2.10. The van der Waals surface area contributed by atoms with Gasteiger partial charge < -0.3 is 9.64 Å². The van der Waals surface area contributed by atoms with Gasteiger partial charge in [-0.1, -0.05) is 41.9 Å². The van der Waals surface area contributed by atoms with Crippen molar-refractivity contribution in [1.82, 2.24) is 9.97 Å². The molecule has 31 heavy (non-hydrogen) atoms. The number of halogens is 1. The number of ether oxygens (including phenoxy) is 1. The second-order valence-electron chi connectivity index (χ2n) is 7.50. The lowest BCUT2D eigenvalue weighted by Gasteiger charge is -2.13. The fourth-order valence-electron chi connectivity index (χ4n) is 3.31. The molecule has 156 valence electrons. The van der Waals surface area contributed by atoms with Gasteiger partial charge in [0.25, 0.3) is 0 Å². The first kappa shape index (κ1) is 20.8. The fraction of sp³-hybridized carbons (Fsp3) is 0.160. The van der Waals surface area contributed by atoms with Crippen molar-refractivity contribution in [2.75, 3.05) is 19.0 Å². The number of hydrogen-bond donors (Lipinski definition) is 0. The number of benzene rings is 3. The Labute approximate surface area is 186 Å². The molecule has 4 aromatic rings. The normalized spacial score (nSPS) is 10.8. The van der Waals surface area contributed by atoms with Crippen LogP contribution < -0.4 is 9.64 Å². The van der Waals surface area contributed by atoms with Gasteiger partial charge in [0.05, 0.1) is 10.9 Å². The summed E-state index contributed by atoms with van der Waals surface area (Å²) in [5.41, 5.74) is 3.65. The summed E-state index contributed by atoms with van der Waals surface area (Å²) < 4.78 is 6.00. The van der Waals surface area contributed by atoms with Gasteiger partial charge in [-0.2, -0.15) is 0 Å². The molecule has 0 aliphatic rings. The monoisotopic (exact) mass is 431 g/mol. The first-order chi connectivity index (χ1) is 15.0. The average Bonchev–Trinajstić information content (AvgIpc) is 2.76. The molecule has 0 radical (unpaired) electrons. The largest absolute Gasteiger partial charge is 0.438 e. The Morgan fingerprint density at radius 3 is 2.48 bits per heavy atom. The molecule has 1 aromatic heterocycles. The van der Waals surface area contributed by atoms with Crippen LogP contribution in [0.15, 0.2) is 73.1 Å². The van der Waals surface area contributed by atoms with E-state index in [1.807, 2.05) is 79.7 Å². The maximum absolute atomic E-state index is 12.4. The summed E-state index contributed by atoms with van der Waals surface area (Å²) in [6.45, 7) is 0. The molecule has 1 heterocycles. The number of anilines is 1. The fourth-order valence-corrected chi connectivity index (χ4v) is 3.51. The summed E-state index contributed by atoms with van der Waals surface area (Å²) in [4.78, 5) is 23.1. The van der Waals surface area contributed by atoms with E-state index in [2.05, 4.69) is 9.97 Å². The van der Waals surface area contributed by atoms with E-state index in [0.29, 0.717) is 29.5 Å². The highest BCUT2D eigenvalue weighted by molar-refractivity contribution is 6.31. The lowest BCUT2D eigenvalue weighted by molar-refractivity contribution is -0.117. The molecule has 0 atom stereocenters.